The van der Waals surface area contributed by atoms with Gasteiger partial charge in [-0.25, -0.2) is 9.18 Å². The van der Waals surface area contributed by atoms with Gasteiger partial charge in [-0.15, -0.1) is 0 Å². The molecule has 2 aromatic carbocycles. The maximum atomic E-state index is 13.4. The predicted octanol–water partition coefficient (Wildman–Crippen LogP) is 3.10. The van der Waals surface area contributed by atoms with Crippen LogP contribution in [-0.4, -0.2) is 11.1 Å². The molecule has 0 unspecified atom stereocenters. The molecule has 0 radical (unpaired) electrons. The first-order valence-corrected chi connectivity index (χ1v) is 5.37. The number of ether oxygens (including phenoxy) is 1. The van der Waals surface area contributed by atoms with Gasteiger partial charge in [0.15, 0.2) is 0 Å². The summed E-state index contributed by atoms with van der Waals surface area (Å²) in [5.74, 6) is -2.10. The van der Waals surface area contributed by atoms with E-state index in [1.807, 2.05) is 30.3 Å². The van der Waals surface area contributed by atoms with Crippen LogP contribution in [0, 0.1) is 5.82 Å². The lowest BCUT2D eigenvalue weighted by Crippen LogP contribution is -2.06. The third-order valence-electron chi connectivity index (χ3n) is 2.43. The van der Waals surface area contributed by atoms with Crippen LogP contribution in [0.15, 0.2) is 48.5 Å². The molecular weight excluding hydrogens is 235 g/mol. The fraction of sp³-hybridized carbons (Fsp3) is 0.0714. The van der Waals surface area contributed by atoms with Gasteiger partial charge in [-0.3, -0.25) is 0 Å². The number of carbonyl (C=O) groups is 1. The Morgan fingerprint density at radius 2 is 1.83 bits per heavy atom. The molecule has 0 saturated heterocycles. The minimum absolute atomic E-state index is 0.0337. The first-order valence-electron chi connectivity index (χ1n) is 5.37. The summed E-state index contributed by atoms with van der Waals surface area (Å²) in [5, 5.41) is 8.92. The fourth-order valence-electron chi connectivity index (χ4n) is 1.57. The van der Waals surface area contributed by atoms with Crippen LogP contribution < -0.4 is 4.74 Å². The van der Waals surface area contributed by atoms with Crippen molar-refractivity contribution in [2.75, 3.05) is 0 Å². The van der Waals surface area contributed by atoms with E-state index in [9.17, 15) is 9.18 Å². The second kappa shape index (κ2) is 5.31. The van der Waals surface area contributed by atoms with Crippen LogP contribution in [0.2, 0.25) is 0 Å². The average Bonchev–Trinajstić information content (AvgIpc) is 2.37. The van der Waals surface area contributed by atoms with Crippen molar-refractivity contribution in [1.82, 2.24) is 0 Å². The molecule has 0 saturated carbocycles. The third-order valence-corrected chi connectivity index (χ3v) is 2.43. The minimum Gasteiger partial charge on any atom is -0.488 e. The zero-order valence-electron chi connectivity index (χ0n) is 9.47. The van der Waals surface area contributed by atoms with Gasteiger partial charge in [0.1, 0.15) is 23.7 Å². The summed E-state index contributed by atoms with van der Waals surface area (Å²) in [6.45, 7) is 0.199. The molecule has 0 aliphatic rings. The van der Waals surface area contributed by atoms with Crippen molar-refractivity contribution in [2.45, 2.75) is 6.61 Å². The summed E-state index contributed by atoms with van der Waals surface area (Å²) in [7, 11) is 0. The zero-order valence-corrected chi connectivity index (χ0v) is 9.47. The van der Waals surface area contributed by atoms with E-state index in [0.29, 0.717) is 0 Å². The summed E-state index contributed by atoms with van der Waals surface area (Å²) >= 11 is 0. The van der Waals surface area contributed by atoms with E-state index < -0.39 is 17.3 Å². The van der Waals surface area contributed by atoms with Crippen LogP contribution in [0.3, 0.4) is 0 Å². The van der Waals surface area contributed by atoms with Crippen molar-refractivity contribution in [1.29, 1.82) is 0 Å². The van der Waals surface area contributed by atoms with Gasteiger partial charge >= 0.3 is 5.97 Å². The highest BCUT2D eigenvalue weighted by molar-refractivity contribution is 5.91. The smallest absolute Gasteiger partial charge is 0.342 e. The summed E-state index contributed by atoms with van der Waals surface area (Å²) < 4.78 is 18.7. The minimum atomic E-state index is -1.34. The Bertz CT molecular complexity index is 552. The predicted molar refractivity (Wildman–Crippen MR) is 64.1 cm³/mol. The lowest BCUT2D eigenvalue weighted by Gasteiger charge is -2.09. The van der Waals surface area contributed by atoms with Crippen LogP contribution in [0.1, 0.15) is 15.9 Å². The molecule has 0 spiro atoms. The number of hydrogen-bond donors (Lipinski definition) is 1. The van der Waals surface area contributed by atoms with E-state index in [4.69, 9.17) is 9.84 Å². The molecule has 0 bridgehead atoms. The SMILES string of the molecule is O=C(O)c1c(F)cccc1OCc1ccccc1. The van der Waals surface area contributed by atoms with Gasteiger partial charge in [0.05, 0.1) is 0 Å². The zero-order chi connectivity index (χ0) is 13.0. The van der Waals surface area contributed by atoms with Crippen LogP contribution in [0.25, 0.3) is 0 Å². The van der Waals surface area contributed by atoms with Gasteiger partial charge in [0.25, 0.3) is 0 Å². The summed E-state index contributed by atoms with van der Waals surface area (Å²) in [6, 6.07) is 13.2. The molecule has 18 heavy (non-hydrogen) atoms. The Kier molecular flexibility index (Phi) is 3.57. The molecule has 0 aromatic heterocycles. The average molecular weight is 246 g/mol. The number of carboxylic acids is 1. The van der Waals surface area contributed by atoms with Crippen LogP contribution in [-0.2, 0) is 6.61 Å². The Labute approximate surface area is 103 Å². The molecule has 0 atom stereocenters. The standard InChI is InChI=1S/C14H11FO3/c15-11-7-4-8-12(13(11)14(16)17)18-9-10-5-2-1-3-6-10/h1-8H,9H2,(H,16,17). The quantitative estimate of drug-likeness (QED) is 0.901. The Morgan fingerprint density at radius 1 is 1.11 bits per heavy atom. The largest absolute Gasteiger partial charge is 0.488 e. The van der Waals surface area contributed by atoms with Crippen molar-refractivity contribution < 1.29 is 19.0 Å². The number of rotatable bonds is 4. The second-order valence-corrected chi connectivity index (χ2v) is 3.69. The lowest BCUT2D eigenvalue weighted by molar-refractivity contribution is 0.0686. The monoisotopic (exact) mass is 246 g/mol. The van der Waals surface area contributed by atoms with E-state index in [1.54, 1.807) is 0 Å². The number of carboxylic acid groups (broad SMARTS) is 1. The van der Waals surface area contributed by atoms with E-state index in [-0.39, 0.29) is 12.4 Å². The first kappa shape index (κ1) is 12.1. The maximum absolute atomic E-state index is 13.4. The Balaban J connectivity index is 2.20. The van der Waals surface area contributed by atoms with Gasteiger partial charge in [-0.05, 0) is 17.7 Å². The topological polar surface area (TPSA) is 46.5 Å². The highest BCUT2D eigenvalue weighted by atomic mass is 19.1. The normalized spacial score (nSPS) is 10.1. The molecule has 92 valence electrons. The summed E-state index contributed by atoms with van der Waals surface area (Å²) in [6.07, 6.45) is 0. The van der Waals surface area contributed by atoms with Gasteiger partial charge in [-0.1, -0.05) is 36.4 Å². The van der Waals surface area contributed by atoms with Crippen LogP contribution >= 0.6 is 0 Å². The van der Waals surface area contributed by atoms with Crippen molar-refractivity contribution in [3.8, 4) is 5.75 Å². The molecule has 4 heteroatoms. The summed E-state index contributed by atoms with van der Waals surface area (Å²) in [5.41, 5.74) is 0.450. The second-order valence-electron chi connectivity index (χ2n) is 3.69. The van der Waals surface area contributed by atoms with Crippen molar-refractivity contribution >= 4 is 5.97 Å². The molecule has 0 fully saturated rings. The Hall–Kier alpha value is -2.36. The van der Waals surface area contributed by atoms with E-state index in [1.165, 1.54) is 12.1 Å². The molecule has 2 aromatic rings. The van der Waals surface area contributed by atoms with Gasteiger partial charge < -0.3 is 9.84 Å². The third kappa shape index (κ3) is 2.66. The van der Waals surface area contributed by atoms with Crippen molar-refractivity contribution in [3.05, 3.63) is 65.5 Å². The number of benzene rings is 2. The van der Waals surface area contributed by atoms with Crippen molar-refractivity contribution in [3.63, 3.8) is 0 Å². The molecule has 1 N–H and O–H groups in total. The molecule has 2 rings (SSSR count). The van der Waals surface area contributed by atoms with Gasteiger partial charge in [-0.2, -0.15) is 0 Å². The first-order chi connectivity index (χ1) is 8.68. The fourth-order valence-corrected chi connectivity index (χ4v) is 1.57. The summed E-state index contributed by atoms with van der Waals surface area (Å²) in [4.78, 5) is 10.9. The highest BCUT2D eigenvalue weighted by Gasteiger charge is 2.16. The number of halogens is 1. The van der Waals surface area contributed by atoms with E-state index >= 15 is 0 Å². The number of hydrogen-bond acceptors (Lipinski definition) is 2. The van der Waals surface area contributed by atoms with Crippen molar-refractivity contribution in [2.24, 2.45) is 0 Å². The molecule has 0 amide bonds. The van der Waals surface area contributed by atoms with Crippen LogP contribution in [0.4, 0.5) is 4.39 Å². The highest BCUT2D eigenvalue weighted by Crippen LogP contribution is 2.22. The van der Waals surface area contributed by atoms with E-state index in [0.717, 1.165) is 11.6 Å². The maximum Gasteiger partial charge on any atom is 0.342 e. The molecular formula is C14H11FO3. The molecule has 0 aliphatic heterocycles. The molecule has 0 aliphatic carbocycles. The van der Waals surface area contributed by atoms with Crippen LogP contribution in [0.5, 0.6) is 5.75 Å². The van der Waals surface area contributed by atoms with Gasteiger partial charge in [0, 0.05) is 0 Å². The number of aromatic carboxylic acids is 1. The van der Waals surface area contributed by atoms with Gasteiger partial charge in [0.2, 0.25) is 0 Å². The lowest BCUT2D eigenvalue weighted by atomic mass is 10.2. The molecule has 3 nitrogen and oxygen atoms in total. The molecule has 0 heterocycles. The Morgan fingerprint density at radius 3 is 2.50 bits per heavy atom. The van der Waals surface area contributed by atoms with E-state index in [2.05, 4.69) is 0 Å².